The lowest BCUT2D eigenvalue weighted by atomic mass is 10.1. The number of amidine groups is 1. The average Bonchev–Trinajstić information content (AvgIpc) is 3.12. The van der Waals surface area contributed by atoms with Crippen LogP contribution in [-0.2, 0) is 4.79 Å². The number of benzene rings is 3. The molecular weight excluding hydrogens is 370 g/mol. The quantitative estimate of drug-likeness (QED) is 0.527. The molecule has 0 fully saturated rings. The molecule has 2 aliphatic rings. The highest BCUT2D eigenvalue weighted by Crippen LogP contribution is 2.34. The number of nitrogens with zero attached hydrogens (tertiary/aromatic N) is 3. The first-order valence-corrected chi connectivity index (χ1v) is 9.79. The van der Waals surface area contributed by atoms with Crippen molar-refractivity contribution < 1.29 is 4.79 Å². The Morgan fingerprint density at radius 1 is 0.733 bits per heavy atom. The van der Waals surface area contributed by atoms with Crippen LogP contribution in [0.25, 0.3) is 6.08 Å². The van der Waals surface area contributed by atoms with Crippen molar-refractivity contribution in [3.05, 3.63) is 121 Å². The molecule has 4 nitrogen and oxygen atoms in total. The van der Waals surface area contributed by atoms with Gasteiger partial charge in [0.05, 0.1) is 0 Å². The molecule has 30 heavy (non-hydrogen) atoms. The van der Waals surface area contributed by atoms with Crippen LogP contribution in [0.5, 0.6) is 0 Å². The molecule has 1 amide bonds. The molecule has 3 aromatic rings. The van der Waals surface area contributed by atoms with Crippen LogP contribution in [0, 0.1) is 0 Å². The van der Waals surface area contributed by atoms with E-state index < -0.39 is 0 Å². The topological polar surface area (TPSA) is 35.9 Å². The molecule has 144 valence electrons. The third-order valence-electron chi connectivity index (χ3n) is 5.02. The van der Waals surface area contributed by atoms with E-state index in [-0.39, 0.29) is 5.91 Å². The lowest BCUT2D eigenvalue weighted by Gasteiger charge is -2.25. The van der Waals surface area contributed by atoms with Gasteiger partial charge in [-0.1, -0.05) is 54.6 Å². The third-order valence-corrected chi connectivity index (χ3v) is 5.02. The number of rotatable bonds is 4. The van der Waals surface area contributed by atoms with E-state index in [1.807, 2.05) is 83.9 Å². The van der Waals surface area contributed by atoms with Gasteiger partial charge in [0.2, 0.25) is 0 Å². The highest BCUT2D eigenvalue weighted by Gasteiger charge is 2.27. The van der Waals surface area contributed by atoms with Crippen molar-refractivity contribution in [3.63, 3.8) is 0 Å². The molecule has 0 atom stereocenters. The molecule has 0 bridgehead atoms. The van der Waals surface area contributed by atoms with Crippen molar-refractivity contribution in [1.82, 2.24) is 4.90 Å². The predicted molar refractivity (Wildman–Crippen MR) is 122 cm³/mol. The van der Waals surface area contributed by atoms with Gasteiger partial charge in [0.1, 0.15) is 11.5 Å². The van der Waals surface area contributed by atoms with Crippen molar-refractivity contribution in [2.75, 3.05) is 4.90 Å². The molecule has 2 heterocycles. The zero-order valence-corrected chi connectivity index (χ0v) is 16.2. The van der Waals surface area contributed by atoms with E-state index in [9.17, 15) is 4.79 Å². The van der Waals surface area contributed by atoms with Crippen LogP contribution < -0.4 is 4.90 Å². The van der Waals surface area contributed by atoms with Crippen LogP contribution in [-0.4, -0.2) is 16.6 Å². The van der Waals surface area contributed by atoms with Crippen LogP contribution in [0.1, 0.15) is 5.56 Å². The number of carbonyl (C=O) groups excluding carboxylic acids is 1. The van der Waals surface area contributed by atoms with Crippen molar-refractivity contribution in [3.8, 4) is 0 Å². The molecule has 0 spiro atoms. The number of allylic oxidation sites excluding steroid dienone is 2. The summed E-state index contributed by atoms with van der Waals surface area (Å²) in [5.74, 6) is 0.435. The SMILES string of the molecule is O=C1N=C2C=CC=CN2C1=Cc1ccc(N(c2ccccc2)c2ccccc2)cc1. The second-order valence-electron chi connectivity index (χ2n) is 6.97. The second kappa shape index (κ2) is 7.68. The molecule has 0 saturated heterocycles. The highest BCUT2D eigenvalue weighted by atomic mass is 16.2. The van der Waals surface area contributed by atoms with Crippen LogP contribution in [0.2, 0.25) is 0 Å². The summed E-state index contributed by atoms with van der Waals surface area (Å²) in [6.45, 7) is 0. The Balaban J connectivity index is 1.49. The summed E-state index contributed by atoms with van der Waals surface area (Å²) < 4.78 is 0. The van der Waals surface area contributed by atoms with Gasteiger partial charge >= 0.3 is 0 Å². The zero-order valence-electron chi connectivity index (χ0n) is 16.2. The van der Waals surface area contributed by atoms with E-state index in [0.29, 0.717) is 11.5 Å². The van der Waals surface area contributed by atoms with Gasteiger partial charge in [-0.15, -0.1) is 0 Å². The summed E-state index contributed by atoms with van der Waals surface area (Å²) in [6, 6.07) is 28.7. The minimum Gasteiger partial charge on any atom is -0.311 e. The number of carbonyl (C=O) groups is 1. The van der Waals surface area contributed by atoms with Gasteiger partial charge < -0.3 is 4.90 Å². The maximum Gasteiger partial charge on any atom is 0.295 e. The molecule has 4 heteroatoms. The van der Waals surface area contributed by atoms with E-state index in [0.717, 1.165) is 22.6 Å². The Kier molecular flexibility index (Phi) is 4.58. The minimum atomic E-state index is -0.222. The van der Waals surface area contributed by atoms with Gasteiger partial charge in [-0.25, -0.2) is 0 Å². The Morgan fingerprint density at radius 3 is 1.97 bits per heavy atom. The molecule has 0 aliphatic carbocycles. The largest absolute Gasteiger partial charge is 0.311 e. The number of hydrogen-bond donors (Lipinski definition) is 0. The highest BCUT2D eigenvalue weighted by molar-refractivity contribution is 6.17. The summed E-state index contributed by atoms with van der Waals surface area (Å²) in [5, 5.41) is 0. The first kappa shape index (κ1) is 17.9. The molecule has 2 aliphatic heterocycles. The van der Waals surface area contributed by atoms with Crippen molar-refractivity contribution in [2.24, 2.45) is 4.99 Å². The molecule has 0 N–H and O–H groups in total. The monoisotopic (exact) mass is 389 g/mol. The lowest BCUT2D eigenvalue weighted by molar-refractivity contribution is -0.114. The first-order chi connectivity index (χ1) is 14.8. The molecule has 0 unspecified atom stereocenters. The van der Waals surface area contributed by atoms with E-state index in [4.69, 9.17) is 0 Å². The number of aliphatic imine (C=N–C) groups is 1. The van der Waals surface area contributed by atoms with E-state index in [2.05, 4.69) is 46.3 Å². The lowest BCUT2D eigenvalue weighted by Crippen LogP contribution is -2.20. The number of para-hydroxylation sites is 2. The first-order valence-electron chi connectivity index (χ1n) is 9.79. The fourth-order valence-electron chi connectivity index (χ4n) is 3.60. The second-order valence-corrected chi connectivity index (χ2v) is 6.97. The normalized spacial score (nSPS) is 16.0. The Morgan fingerprint density at radius 2 is 1.33 bits per heavy atom. The summed E-state index contributed by atoms with van der Waals surface area (Å²) in [5.41, 5.74) is 4.72. The molecule has 0 aromatic heterocycles. The van der Waals surface area contributed by atoms with Gasteiger partial charge in [-0.3, -0.25) is 9.69 Å². The number of hydrogen-bond acceptors (Lipinski definition) is 3. The molecule has 5 rings (SSSR count). The van der Waals surface area contributed by atoms with E-state index in [1.54, 1.807) is 0 Å². The Bertz CT molecular complexity index is 1150. The van der Waals surface area contributed by atoms with Crippen LogP contribution in [0.15, 0.2) is 120 Å². The summed E-state index contributed by atoms with van der Waals surface area (Å²) in [4.78, 5) is 20.4. The molecular formula is C26H19N3O. The van der Waals surface area contributed by atoms with Gasteiger partial charge in [0.15, 0.2) is 0 Å². The van der Waals surface area contributed by atoms with E-state index in [1.165, 1.54) is 0 Å². The smallest absolute Gasteiger partial charge is 0.295 e. The molecule has 0 saturated carbocycles. The Hall–Kier alpha value is -4.18. The predicted octanol–water partition coefficient (Wildman–Crippen LogP) is 5.82. The van der Waals surface area contributed by atoms with Crippen molar-refractivity contribution in [2.45, 2.75) is 0 Å². The third kappa shape index (κ3) is 3.35. The Labute approximate surface area is 175 Å². The maximum atomic E-state index is 12.3. The van der Waals surface area contributed by atoms with Gasteiger partial charge in [-0.05, 0) is 60.2 Å². The van der Waals surface area contributed by atoms with Crippen LogP contribution in [0.3, 0.4) is 0 Å². The fraction of sp³-hybridized carbons (Fsp3) is 0. The van der Waals surface area contributed by atoms with E-state index >= 15 is 0 Å². The summed E-state index contributed by atoms with van der Waals surface area (Å²) in [7, 11) is 0. The van der Waals surface area contributed by atoms with Crippen molar-refractivity contribution >= 4 is 34.9 Å². The van der Waals surface area contributed by atoms with Gasteiger partial charge in [0.25, 0.3) is 5.91 Å². The average molecular weight is 389 g/mol. The zero-order chi connectivity index (χ0) is 20.3. The maximum absolute atomic E-state index is 12.3. The number of anilines is 3. The summed E-state index contributed by atoms with van der Waals surface area (Å²) >= 11 is 0. The molecule has 0 radical (unpaired) electrons. The minimum absolute atomic E-state index is 0.222. The van der Waals surface area contributed by atoms with Crippen LogP contribution in [0.4, 0.5) is 17.1 Å². The number of amides is 1. The van der Waals surface area contributed by atoms with Gasteiger partial charge in [0, 0.05) is 23.3 Å². The number of fused-ring (bicyclic) bond motifs is 1. The van der Waals surface area contributed by atoms with Crippen LogP contribution >= 0.6 is 0 Å². The summed E-state index contributed by atoms with van der Waals surface area (Å²) in [6.07, 6.45) is 9.34. The molecule has 3 aromatic carbocycles. The van der Waals surface area contributed by atoms with Crippen molar-refractivity contribution in [1.29, 1.82) is 0 Å². The van der Waals surface area contributed by atoms with Gasteiger partial charge in [-0.2, -0.15) is 4.99 Å². The fourth-order valence-corrected chi connectivity index (χ4v) is 3.60. The standard InChI is InChI=1S/C26H19N3O/c30-26-24(28-18-8-7-13-25(28)27-26)19-20-14-16-23(17-15-20)29(21-9-3-1-4-10-21)22-11-5-2-6-12-22/h1-19H.